The maximum Gasteiger partial charge on any atom is 0.226 e. The lowest BCUT2D eigenvalue weighted by Gasteiger charge is -2.22. The molecular formula is C12H16N2O. The quantitative estimate of drug-likeness (QED) is 0.760. The molecule has 0 fully saturated rings. The van der Waals surface area contributed by atoms with E-state index in [1.807, 2.05) is 12.1 Å². The fourth-order valence-corrected chi connectivity index (χ4v) is 1.91. The summed E-state index contributed by atoms with van der Waals surface area (Å²) in [6.45, 7) is 5.92. The number of fused-ring (bicyclic) bond motifs is 1. The van der Waals surface area contributed by atoms with Crippen LogP contribution in [-0.4, -0.2) is 19.0 Å². The highest BCUT2D eigenvalue weighted by molar-refractivity contribution is 5.96. The van der Waals surface area contributed by atoms with Gasteiger partial charge in [0.15, 0.2) is 0 Å². The smallest absolute Gasteiger partial charge is 0.226 e. The standard InChI is InChI=1S/C12H16N2O/c1-3-14-7-6-12(15)13-10-5-4-9(2)8-11(10)14/h4-5,8H,3,6-7H2,1-2H3,(H,13,15). The summed E-state index contributed by atoms with van der Waals surface area (Å²) in [4.78, 5) is 13.7. The van der Waals surface area contributed by atoms with Crippen molar-refractivity contribution < 1.29 is 4.79 Å². The highest BCUT2D eigenvalue weighted by atomic mass is 16.1. The number of hydrogen-bond donors (Lipinski definition) is 1. The second kappa shape index (κ2) is 3.93. The molecule has 0 aliphatic carbocycles. The van der Waals surface area contributed by atoms with Crippen LogP contribution in [0.2, 0.25) is 0 Å². The van der Waals surface area contributed by atoms with Crippen LogP contribution in [0.4, 0.5) is 11.4 Å². The molecule has 80 valence electrons. The van der Waals surface area contributed by atoms with Gasteiger partial charge >= 0.3 is 0 Å². The Morgan fingerprint density at radius 2 is 2.27 bits per heavy atom. The minimum Gasteiger partial charge on any atom is -0.370 e. The molecule has 1 heterocycles. The minimum absolute atomic E-state index is 0.107. The van der Waals surface area contributed by atoms with Crippen LogP contribution in [0.1, 0.15) is 18.9 Å². The largest absolute Gasteiger partial charge is 0.370 e. The van der Waals surface area contributed by atoms with Gasteiger partial charge in [0.05, 0.1) is 11.4 Å². The van der Waals surface area contributed by atoms with Gasteiger partial charge < -0.3 is 10.2 Å². The van der Waals surface area contributed by atoms with Crippen molar-refractivity contribution in [1.82, 2.24) is 0 Å². The van der Waals surface area contributed by atoms with E-state index in [4.69, 9.17) is 0 Å². The average molecular weight is 204 g/mol. The van der Waals surface area contributed by atoms with Crippen molar-refractivity contribution in [1.29, 1.82) is 0 Å². The van der Waals surface area contributed by atoms with E-state index in [-0.39, 0.29) is 5.91 Å². The SMILES string of the molecule is CCN1CCC(=O)Nc2ccc(C)cc21. The third kappa shape index (κ3) is 1.96. The number of nitrogens with zero attached hydrogens (tertiary/aromatic N) is 1. The Hall–Kier alpha value is -1.51. The Kier molecular flexibility index (Phi) is 2.62. The molecule has 1 N–H and O–H groups in total. The van der Waals surface area contributed by atoms with Crippen LogP contribution in [0.3, 0.4) is 0 Å². The van der Waals surface area contributed by atoms with Gasteiger partial charge in [0.1, 0.15) is 0 Å². The third-order valence-electron chi connectivity index (χ3n) is 2.76. The van der Waals surface area contributed by atoms with Crippen LogP contribution in [0, 0.1) is 6.92 Å². The number of rotatable bonds is 1. The Morgan fingerprint density at radius 3 is 3.00 bits per heavy atom. The number of nitrogens with one attached hydrogen (secondary N) is 1. The second-order valence-electron chi connectivity index (χ2n) is 3.90. The predicted molar refractivity (Wildman–Crippen MR) is 62.3 cm³/mol. The van der Waals surface area contributed by atoms with Gasteiger partial charge in [0, 0.05) is 19.5 Å². The van der Waals surface area contributed by atoms with E-state index in [1.54, 1.807) is 0 Å². The number of hydrogen-bond acceptors (Lipinski definition) is 2. The molecule has 0 bridgehead atoms. The fraction of sp³-hybridized carbons (Fsp3) is 0.417. The Labute approximate surface area is 90.1 Å². The molecule has 15 heavy (non-hydrogen) atoms. The van der Waals surface area contributed by atoms with Crippen molar-refractivity contribution in [2.24, 2.45) is 0 Å². The number of amides is 1. The third-order valence-corrected chi connectivity index (χ3v) is 2.76. The van der Waals surface area contributed by atoms with Gasteiger partial charge in [-0.3, -0.25) is 4.79 Å². The Morgan fingerprint density at radius 1 is 1.47 bits per heavy atom. The maximum absolute atomic E-state index is 11.5. The number of carbonyl (C=O) groups excluding carboxylic acids is 1. The van der Waals surface area contributed by atoms with Crippen molar-refractivity contribution in [2.45, 2.75) is 20.3 Å². The van der Waals surface area contributed by atoms with Crippen molar-refractivity contribution in [3.05, 3.63) is 23.8 Å². The van der Waals surface area contributed by atoms with Crippen LogP contribution in [0.25, 0.3) is 0 Å². The zero-order valence-corrected chi connectivity index (χ0v) is 9.21. The van der Waals surface area contributed by atoms with E-state index in [0.717, 1.165) is 24.5 Å². The summed E-state index contributed by atoms with van der Waals surface area (Å²) in [7, 11) is 0. The lowest BCUT2D eigenvalue weighted by atomic mass is 10.2. The van der Waals surface area contributed by atoms with Crippen LogP contribution in [0.15, 0.2) is 18.2 Å². The molecule has 2 rings (SSSR count). The van der Waals surface area contributed by atoms with E-state index in [2.05, 4.69) is 30.1 Å². The average Bonchev–Trinajstić information content (AvgIpc) is 2.37. The molecule has 1 aromatic rings. The van der Waals surface area contributed by atoms with Crippen LogP contribution < -0.4 is 10.2 Å². The Bertz CT molecular complexity index is 387. The van der Waals surface area contributed by atoms with Crippen LogP contribution >= 0.6 is 0 Å². The van der Waals surface area contributed by atoms with Crippen LogP contribution in [-0.2, 0) is 4.79 Å². The van der Waals surface area contributed by atoms with Gasteiger partial charge in [-0.2, -0.15) is 0 Å². The van der Waals surface area contributed by atoms with Gasteiger partial charge in [-0.05, 0) is 31.5 Å². The van der Waals surface area contributed by atoms with E-state index in [9.17, 15) is 4.79 Å². The second-order valence-corrected chi connectivity index (χ2v) is 3.90. The fourth-order valence-electron chi connectivity index (χ4n) is 1.91. The number of carbonyl (C=O) groups is 1. The Balaban J connectivity index is 2.45. The minimum atomic E-state index is 0.107. The van der Waals surface area contributed by atoms with Gasteiger partial charge in [-0.15, -0.1) is 0 Å². The molecule has 1 aliphatic rings. The number of aryl methyl sites for hydroxylation is 1. The molecule has 3 nitrogen and oxygen atoms in total. The molecule has 1 aromatic carbocycles. The summed E-state index contributed by atoms with van der Waals surface area (Å²) in [6, 6.07) is 6.14. The van der Waals surface area contributed by atoms with Crippen molar-refractivity contribution >= 4 is 17.3 Å². The molecule has 0 saturated carbocycles. The molecule has 0 spiro atoms. The van der Waals surface area contributed by atoms with Gasteiger partial charge in [0.25, 0.3) is 0 Å². The van der Waals surface area contributed by atoms with Gasteiger partial charge in [-0.25, -0.2) is 0 Å². The summed E-state index contributed by atoms with van der Waals surface area (Å²) in [6.07, 6.45) is 0.571. The molecule has 1 amide bonds. The monoisotopic (exact) mass is 204 g/mol. The zero-order valence-electron chi connectivity index (χ0n) is 9.21. The first-order valence-electron chi connectivity index (χ1n) is 5.36. The molecule has 0 atom stereocenters. The molecule has 0 unspecified atom stereocenters. The highest BCUT2D eigenvalue weighted by Gasteiger charge is 2.17. The highest BCUT2D eigenvalue weighted by Crippen LogP contribution is 2.29. The van der Waals surface area contributed by atoms with Gasteiger partial charge in [0.2, 0.25) is 5.91 Å². The van der Waals surface area contributed by atoms with E-state index >= 15 is 0 Å². The predicted octanol–water partition coefficient (Wildman–Crippen LogP) is 2.16. The first-order chi connectivity index (χ1) is 7.20. The number of anilines is 2. The normalized spacial score (nSPS) is 15.6. The molecule has 1 aliphatic heterocycles. The molecule has 0 radical (unpaired) electrons. The van der Waals surface area contributed by atoms with E-state index < -0.39 is 0 Å². The molecular weight excluding hydrogens is 188 g/mol. The molecule has 0 aromatic heterocycles. The zero-order chi connectivity index (χ0) is 10.8. The summed E-state index contributed by atoms with van der Waals surface area (Å²) in [5, 5.41) is 2.93. The lowest BCUT2D eigenvalue weighted by molar-refractivity contribution is -0.115. The maximum atomic E-state index is 11.5. The summed E-state index contributed by atoms with van der Waals surface area (Å²) in [5.41, 5.74) is 3.30. The number of benzene rings is 1. The van der Waals surface area contributed by atoms with Crippen molar-refractivity contribution in [2.75, 3.05) is 23.3 Å². The molecule has 0 saturated heterocycles. The first kappa shape index (κ1) is 10.0. The summed E-state index contributed by atoms with van der Waals surface area (Å²) in [5.74, 6) is 0.107. The van der Waals surface area contributed by atoms with E-state index in [1.165, 1.54) is 5.56 Å². The van der Waals surface area contributed by atoms with E-state index in [0.29, 0.717) is 6.42 Å². The van der Waals surface area contributed by atoms with Crippen molar-refractivity contribution in [3.8, 4) is 0 Å². The summed E-state index contributed by atoms with van der Waals surface area (Å²) >= 11 is 0. The molecule has 3 heteroatoms. The van der Waals surface area contributed by atoms with Crippen molar-refractivity contribution in [3.63, 3.8) is 0 Å². The lowest BCUT2D eigenvalue weighted by Crippen LogP contribution is -2.23. The first-order valence-corrected chi connectivity index (χ1v) is 5.36. The van der Waals surface area contributed by atoms with Crippen LogP contribution in [0.5, 0.6) is 0 Å². The summed E-state index contributed by atoms with van der Waals surface area (Å²) < 4.78 is 0. The van der Waals surface area contributed by atoms with Gasteiger partial charge in [-0.1, -0.05) is 6.07 Å². The topological polar surface area (TPSA) is 32.3 Å².